The third-order valence-corrected chi connectivity index (χ3v) is 4.00. The molecule has 0 bridgehead atoms. The van der Waals surface area contributed by atoms with E-state index in [9.17, 15) is 4.79 Å². The van der Waals surface area contributed by atoms with Crippen molar-refractivity contribution in [3.05, 3.63) is 0 Å². The zero-order valence-corrected chi connectivity index (χ0v) is 11.7. The van der Waals surface area contributed by atoms with Crippen LogP contribution in [0.5, 0.6) is 0 Å². The predicted octanol–water partition coefficient (Wildman–Crippen LogP) is 1.26. The van der Waals surface area contributed by atoms with Gasteiger partial charge >= 0.3 is 5.97 Å². The monoisotopic (exact) mass is 254 g/mol. The Hall–Kier alpha value is -0.610. The van der Waals surface area contributed by atoms with Crippen LogP contribution in [0.3, 0.4) is 0 Å². The highest BCUT2D eigenvalue weighted by Crippen LogP contribution is 2.33. The van der Waals surface area contributed by atoms with E-state index in [-0.39, 0.29) is 12.0 Å². The predicted molar refractivity (Wildman–Crippen MR) is 71.4 cm³/mol. The Labute approximate surface area is 110 Å². The second kappa shape index (κ2) is 6.53. The second-order valence-corrected chi connectivity index (χ2v) is 5.86. The van der Waals surface area contributed by atoms with Crippen molar-refractivity contribution >= 4 is 5.97 Å². The summed E-state index contributed by atoms with van der Waals surface area (Å²) in [5.41, 5.74) is 0. The minimum absolute atomic E-state index is 0.0731. The van der Waals surface area contributed by atoms with Crippen LogP contribution in [-0.2, 0) is 9.53 Å². The molecule has 0 aromatic rings. The van der Waals surface area contributed by atoms with Crippen LogP contribution < -0.4 is 5.32 Å². The number of likely N-dealkylation sites (tertiary alicyclic amines) is 1. The van der Waals surface area contributed by atoms with E-state index in [1.54, 1.807) is 0 Å². The SMILES string of the molecule is COC(=O)C(NCC(C)CN1CCCC1)C1CC1. The molecule has 4 nitrogen and oxygen atoms in total. The van der Waals surface area contributed by atoms with Gasteiger partial charge in [-0.3, -0.25) is 4.79 Å². The first-order valence-electron chi connectivity index (χ1n) is 7.24. The van der Waals surface area contributed by atoms with E-state index in [0.717, 1.165) is 25.9 Å². The Morgan fingerprint density at radius 2 is 2.06 bits per heavy atom. The van der Waals surface area contributed by atoms with Crippen LogP contribution in [0.15, 0.2) is 0 Å². The van der Waals surface area contributed by atoms with E-state index in [0.29, 0.717) is 11.8 Å². The van der Waals surface area contributed by atoms with Gasteiger partial charge in [-0.05, 0) is 57.2 Å². The summed E-state index contributed by atoms with van der Waals surface area (Å²) in [7, 11) is 1.48. The van der Waals surface area contributed by atoms with E-state index < -0.39 is 0 Å². The van der Waals surface area contributed by atoms with Crippen LogP contribution in [0, 0.1) is 11.8 Å². The summed E-state index contributed by atoms with van der Waals surface area (Å²) in [6.07, 6.45) is 5.00. The van der Waals surface area contributed by atoms with Crippen molar-refractivity contribution in [1.29, 1.82) is 0 Å². The smallest absolute Gasteiger partial charge is 0.323 e. The molecule has 4 heteroatoms. The van der Waals surface area contributed by atoms with E-state index >= 15 is 0 Å². The zero-order chi connectivity index (χ0) is 13.0. The molecule has 0 radical (unpaired) electrons. The first-order valence-corrected chi connectivity index (χ1v) is 7.24. The maximum atomic E-state index is 11.7. The van der Waals surface area contributed by atoms with Crippen LogP contribution in [0.25, 0.3) is 0 Å². The summed E-state index contributed by atoms with van der Waals surface area (Å²) in [5.74, 6) is 1.01. The molecule has 2 fully saturated rings. The molecule has 0 aromatic heterocycles. The molecule has 104 valence electrons. The quantitative estimate of drug-likeness (QED) is 0.695. The molecule has 1 aliphatic carbocycles. The number of carbonyl (C=O) groups is 1. The maximum Gasteiger partial charge on any atom is 0.323 e. The van der Waals surface area contributed by atoms with Crippen LogP contribution in [0.2, 0.25) is 0 Å². The summed E-state index contributed by atoms with van der Waals surface area (Å²) in [6, 6.07) is -0.0731. The van der Waals surface area contributed by atoms with Crippen molar-refractivity contribution in [3.8, 4) is 0 Å². The number of nitrogens with one attached hydrogen (secondary N) is 1. The molecular formula is C14H26N2O2. The highest BCUT2D eigenvalue weighted by Gasteiger charge is 2.36. The fraction of sp³-hybridized carbons (Fsp3) is 0.929. The summed E-state index contributed by atoms with van der Waals surface area (Å²) < 4.78 is 4.87. The Balaban J connectivity index is 1.69. The lowest BCUT2D eigenvalue weighted by Crippen LogP contribution is -2.43. The zero-order valence-electron chi connectivity index (χ0n) is 11.7. The van der Waals surface area contributed by atoms with Gasteiger partial charge in [0.25, 0.3) is 0 Å². The van der Waals surface area contributed by atoms with Gasteiger partial charge in [-0.1, -0.05) is 6.92 Å². The van der Waals surface area contributed by atoms with Gasteiger partial charge in [0, 0.05) is 6.54 Å². The largest absolute Gasteiger partial charge is 0.468 e. The van der Waals surface area contributed by atoms with Crippen LogP contribution in [-0.4, -0.2) is 50.2 Å². The fourth-order valence-electron chi connectivity index (χ4n) is 2.80. The average molecular weight is 254 g/mol. The lowest BCUT2D eigenvalue weighted by Gasteiger charge is -2.23. The highest BCUT2D eigenvalue weighted by atomic mass is 16.5. The molecule has 1 heterocycles. The maximum absolute atomic E-state index is 11.7. The van der Waals surface area contributed by atoms with Crippen molar-refractivity contribution < 1.29 is 9.53 Å². The summed E-state index contributed by atoms with van der Waals surface area (Å²) >= 11 is 0. The molecule has 0 aromatic carbocycles. The number of rotatable bonds is 7. The van der Waals surface area contributed by atoms with Crippen molar-refractivity contribution in [3.63, 3.8) is 0 Å². The molecule has 1 saturated carbocycles. The molecule has 1 saturated heterocycles. The Bertz CT molecular complexity index is 273. The summed E-state index contributed by atoms with van der Waals surface area (Å²) in [6.45, 7) is 6.80. The number of hydrogen-bond donors (Lipinski definition) is 1. The lowest BCUT2D eigenvalue weighted by molar-refractivity contribution is -0.143. The number of nitrogens with zero attached hydrogens (tertiary/aromatic N) is 1. The van der Waals surface area contributed by atoms with Gasteiger partial charge in [0.15, 0.2) is 0 Å². The molecule has 2 aliphatic rings. The van der Waals surface area contributed by atoms with E-state index in [1.807, 2.05) is 0 Å². The van der Waals surface area contributed by atoms with Gasteiger partial charge < -0.3 is 15.0 Å². The van der Waals surface area contributed by atoms with Crippen molar-refractivity contribution in [1.82, 2.24) is 10.2 Å². The van der Waals surface area contributed by atoms with Gasteiger partial charge in [0.1, 0.15) is 6.04 Å². The molecule has 2 unspecified atom stereocenters. The minimum Gasteiger partial charge on any atom is -0.468 e. The normalized spacial score (nSPS) is 23.9. The first-order chi connectivity index (χ1) is 8.70. The van der Waals surface area contributed by atoms with Crippen LogP contribution in [0.4, 0.5) is 0 Å². The standard InChI is InChI=1S/C14H26N2O2/c1-11(10-16-7-3-4-8-16)9-15-13(12-5-6-12)14(17)18-2/h11-13,15H,3-10H2,1-2H3. The minimum atomic E-state index is -0.0918. The van der Waals surface area contributed by atoms with Gasteiger partial charge in [-0.25, -0.2) is 0 Å². The van der Waals surface area contributed by atoms with Crippen molar-refractivity contribution in [2.45, 2.75) is 38.6 Å². The van der Waals surface area contributed by atoms with Crippen molar-refractivity contribution in [2.24, 2.45) is 11.8 Å². The number of ether oxygens (including phenoxy) is 1. The van der Waals surface area contributed by atoms with Gasteiger partial charge in [0.05, 0.1) is 7.11 Å². The molecule has 2 rings (SSSR count). The number of methoxy groups -OCH3 is 1. The number of hydrogen-bond acceptors (Lipinski definition) is 4. The topological polar surface area (TPSA) is 41.6 Å². The summed E-state index contributed by atoms with van der Waals surface area (Å²) in [5, 5.41) is 3.40. The van der Waals surface area contributed by atoms with E-state index in [4.69, 9.17) is 4.74 Å². The molecule has 1 aliphatic heterocycles. The molecule has 0 spiro atoms. The average Bonchev–Trinajstić information content (AvgIpc) is 3.07. The van der Waals surface area contributed by atoms with Gasteiger partial charge in [-0.15, -0.1) is 0 Å². The Kier molecular flexibility index (Phi) is 5.01. The molecule has 18 heavy (non-hydrogen) atoms. The number of carbonyl (C=O) groups excluding carboxylic acids is 1. The van der Waals surface area contributed by atoms with Crippen LogP contribution in [0.1, 0.15) is 32.6 Å². The third kappa shape index (κ3) is 3.95. The van der Waals surface area contributed by atoms with Crippen molar-refractivity contribution in [2.75, 3.05) is 33.3 Å². The number of esters is 1. The summed E-state index contributed by atoms with van der Waals surface area (Å²) in [4.78, 5) is 14.2. The lowest BCUT2D eigenvalue weighted by atomic mass is 10.1. The molecule has 1 N–H and O–H groups in total. The fourth-order valence-corrected chi connectivity index (χ4v) is 2.80. The van der Waals surface area contributed by atoms with Crippen LogP contribution >= 0.6 is 0 Å². The van der Waals surface area contributed by atoms with E-state index in [1.165, 1.54) is 33.0 Å². The van der Waals surface area contributed by atoms with E-state index in [2.05, 4.69) is 17.1 Å². The Morgan fingerprint density at radius 1 is 1.39 bits per heavy atom. The van der Waals surface area contributed by atoms with Gasteiger partial charge in [0.2, 0.25) is 0 Å². The molecule has 2 atom stereocenters. The third-order valence-electron chi connectivity index (χ3n) is 4.00. The molecule has 0 amide bonds. The molecular weight excluding hydrogens is 228 g/mol. The first kappa shape index (κ1) is 13.8. The Morgan fingerprint density at radius 3 is 2.61 bits per heavy atom. The second-order valence-electron chi connectivity index (χ2n) is 5.86. The highest BCUT2D eigenvalue weighted by molar-refractivity contribution is 5.76. The van der Waals surface area contributed by atoms with Gasteiger partial charge in [-0.2, -0.15) is 0 Å².